The highest BCUT2D eigenvalue weighted by Gasteiger charge is 2.36. The summed E-state index contributed by atoms with van der Waals surface area (Å²) < 4.78 is 25.1. The molecule has 1 heterocycles. The first-order chi connectivity index (χ1) is 8.54. The van der Waals surface area contributed by atoms with Crippen LogP contribution in [0.2, 0.25) is 4.34 Å². The van der Waals surface area contributed by atoms with Crippen molar-refractivity contribution in [2.45, 2.75) is 23.6 Å². The van der Waals surface area contributed by atoms with Gasteiger partial charge in [-0.3, -0.25) is 10.1 Å². The summed E-state index contributed by atoms with van der Waals surface area (Å²) in [7, 11) is -2.64. The summed E-state index contributed by atoms with van der Waals surface area (Å²) in [5, 5.41) is 19.9. The molecule has 0 aliphatic carbocycles. The van der Waals surface area contributed by atoms with Gasteiger partial charge >= 0.3 is 0 Å². The minimum atomic E-state index is -3.94. The predicted octanol–water partition coefficient (Wildman–Crippen LogP) is 1.70. The van der Waals surface area contributed by atoms with Crippen LogP contribution in [-0.4, -0.2) is 41.9 Å². The van der Waals surface area contributed by atoms with E-state index in [0.717, 1.165) is 10.4 Å². The maximum atomic E-state index is 12.3. The van der Waals surface area contributed by atoms with Gasteiger partial charge in [0.2, 0.25) is 0 Å². The summed E-state index contributed by atoms with van der Waals surface area (Å²) in [5.74, 6) is 0. The van der Waals surface area contributed by atoms with Crippen molar-refractivity contribution in [3.8, 4) is 0 Å². The minimum absolute atomic E-state index is 0.196. The summed E-state index contributed by atoms with van der Waals surface area (Å²) in [4.78, 5) is 9.92. The second-order valence-electron chi connectivity index (χ2n) is 4.42. The zero-order chi connectivity index (χ0) is 15.0. The standard InChI is InChI=1S/C9H13ClN2O5S2/c1-9(2,5-13)11(3)19(16,17)7-4-6(12(14)15)8(10)18-7/h4,13H,5H2,1-3H3. The molecule has 0 bridgehead atoms. The molecule has 1 aromatic rings. The van der Waals surface area contributed by atoms with Gasteiger partial charge in [0.05, 0.1) is 17.1 Å². The van der Waals surface area contributed by atoms with Gasteiger partial charge in [-0.1, -0.05) is 11.6 Å². The van der Waals surface area contributed by atoms with E-state index >= 15 is 0 Å². The number of likely N-dealkylation sites (N-methyl/N-ethyl adjacent to an activating group) is 1. The average molecular weight is 329 g/mol. The van der Waals surface area contributed by atoms with Crippen molar-refractivity contribution in [2.24, 2.45) is 0 Å². The van der Waals surface area contributed by atoms with E-state index in [9.17, 15) is 23.6 Å². The van der Waals surface area contributed by atoms with Crippen LogP contribution >= 0.6 is 22.9 Å². The van der Waals surface area contributed by atoms with Crippen molar-refractivity contribution in [3.05, 3.63) is 20.5 Å². The summed E-state index contributed by atoms with van der Waals surface area (Å²) in [6, 6.07) is 0.923. The lowest BCUT2D eigenvalue weighted by Gasteiger charge is -2.32. The number of nitro groups is 1. The number of hydrogen-bond donors (Lipinski definition) is 1. The van der Waals surface area contributed by atoms with E-state index in [1.807, 2.05) is 0 Å². The molecule has 0 atom stereocenters. The number of sulfonamides is 1. The lowest BCUT2D eigenvalue weighted by molar-refractivity contribution is -0.384. The van der Waals surface area contributed by atoms with Crippen LogP contribution in [-0.2, 0) is 10.0 Å². The topological polar surface area (TPSA) is 101 Å². The fraction of sp³-hybridized carbons (Fsp3) is 0.556. The lowest BCUT2D eigenvalue weighted by Crippen LogP contribution is -2.47. The summed E-state index contributed by atoms with van der Waals surface area (Å²) >= 11 is 6.26. The predicted molar refractivity (Wildman–Crippen MR) is 72.1 cm³/mol. The Hall–Kier alpha value is -0.740. The first-order valence-electron chi connectivity index (χ1n) is 5.07. The van der Waals surface area contributed by atoms with Crippen molar-refractivity contribution in [1.29, 1.82) is 0 Å². The molecule has 7 nitrogen and oxygen atoms in total. The molecule has 0 unspecified atom stereocenters. The van der Waals surface area contributed by atoms with Crippen LogP contribution in [0.4, 0.5) is 5.69 Å². The van der Waals surface area contributed by atoms with Crippen LogP contribution in [0.15, 0.2) is 10.3 Å². The van der Waals surface area contributed by atoms with Crippen LogP contribution < -0.4 is 0 Å². The van der Waals surface area contributed by atoms with Gasteiger partial charge in [0.1, 0.15) is 4.21 Å². The van der Waals surface area contributed by atoms with Crippen LogP contribution in [0.5, 0.6) is 0 Å². The zero-order valence-electron chi connectivity index (χ0n) is 10.5. The van der Waals surface area contributed by atoms with Crippen molar-refractivity contribution >= 4 is 38.6 Å². The summed E-state index contributed by atoms with van der Waals surface area (Å²) in [5.41, 5.74) is -1.47. The van der Waals surface area contributed by atoms with Gasteiger partial charge in [-0.2, -0.15) is 4.31 Å². The molecule has 1 rings (SSSR count). The maximum Gasteiger partial charge on any atom is 0.300 e. The van der Waals surface area contributed by atoms with Crippen LogP contribution in [0.1, 0.15) is 13.8 Å². The van der Waals surface area contributed by atoms with Crippen molar-refractivity contribution in [2.75, 3.05) is 13.7 Å². The molecule has 0 fully saturated rings. The maximum absolute atomic E-state index is 12.3. The van der Waals surface area contributed by atoms with E-state index in [1.54, 1.807) is 0 Å². The first-order valence-corrected chi connectivity index (χ1v) is 7.71. The Balaban J connectivity index is 3.29. The molecule has 0 saturated heterocycles. The smallest absolute Gasteiger partial charge is 0.300 e. The van der Waals surface area contributed by atoms with Gasteiger partial charge < -0.3 is 5.11 Å². The third-order valence-electron chi connectivity index (χ3n) is 2.70. The largest absolute Gasteiger partial charge is 0.394 e. The van der Waals surface area contributed by atoms with Crippen LogP contribution in [0.25, 0.3) is 0 Å². The molecule has 19 heavy (non-hydrogen) atoms. The van der Waals surface area contributed by atoms with Crippen LogP contribution in [0, 0.1) is 10.1 Å². The highest BCUT2D eigenvalue weighted by Crippen LogP contribution is 2.38. The van der Waals surface area contributed by atoms with E-state index in [2.05, 4.69) is 0 Å². The van der Waals surface area contributed by atoms with Gasteiger partial charge in [0.15, 0.2) is 4.34 Å². The number of aliphatic hydroxyl groups is 1. The van der Waals surface area contributed by atoms with Crippen molar-refractivity contribution in [3.63, 3.8) is 0 Å². The normalized spacial score (nSPS) is 12.9. The van der Waals surface area contributed by atoms with E-state index in [-0.39, 0.29) is 15.2 Å². The van der Waals surface area contributed by atoms with Crippen LogP contribution in [0.3, 0.4) is 0 Å². The quantitative estimate of drug-likeness (QED) is 0.655. The number of nitrogens with zero attached hydrogens (tertiary/aromatic N) is 2. The Morgan fingerprint density at radius 2 is 2.11 bits per heavy atom. The molecule has 0 radical (unpaired) electrons. The summed E-state index contributed by atoms with van der Waals surface area (Å²) in [6.45, 7) is 2.69. The highest BCUT2D eigenvalue weighted by molar-refractivity contribution is 7.91. The molecule has 0 aromatic carbocycles. The van der Waals surface area contributed by atoms with Gasteiger partial charge in [-0.25, -0.2) is 8.42 Å². The number of rotatable bonds is 5. The molecule has 0 spiro atoms. The lowest BCUT2D eigenvalue weighted by atomic mass is 10.1. The Kier molecular flexibility index (Phi) is 4.58. The molecule has 0 aliphatic rings. The third-order valence-corrected chi connectivity index (χ3v) is 6.55. The molecule has 0 saturated carbocycles. The Morgan fingerprint density at radius 3 is 2.47 bits per heavy atom. The zero-order valence-corrected chi connectivity index (χ0v) is 12.8. The highest BCUT2D eigenvalue weighted by atomic mass is 35.5. The number of halogens is 1. The second kappa shape index (κ2) is 5.33. The van der Waals surface area contributed by atoms with Gasteiger partial charge in [0, 0.05) is 13.1 Å². The SMILES string of the molecule is CN(C(C)(C)CO)S(=O)(=O)c1cc([N+](=O)[O-])c(Cl)s1. The molecule has 1 N–H and O–H groups in total. The van der Waals surface area contributed by atoms with Gasteiger partial charge in [-0.15, -0.1) is 11.3 Å². The Bertz CT molecular complexity index is 596. The molecule has 10 heteroatoms. The Labute approximate surface area is 119 Å². The minimum Gasteiger partial charge on any atom is -0.394 e. The van der Waals surface area contributed by atoms with Crippen molar-refractivity contribution in [1.82, 2.24) is 4.31 Å². The number of hydrogen-bond acceptors (Lipinski definition) is 6. The Morgan fingerprint density at radius 1 is 1.58 bits per heavy atom. The van der Waals surface area contributed by atoms with E-state index < -0.39 is 26.2 Å². The van der Waals surface area contributed by atoms with Crippen molar-refractivity contribution < 1.29 is 18.4 Å². The average Bonchev–Trinajstić information content (AvgIpc) is 2.71. The fourth-order valence-electron chi connectivity index (χ4n) is 1.15. The molecule has 108 valence electrons. The number of aliphatic hydroxyl groups excluding tert-OH is 1. The molecule has 0 amide bonds. The van der Waals surface area contributed by atoms with E-state index in [4.69, 9.17) is 11.6 Å². The molecule has 0 aliphatic heterocycles. The van der Waals surface area contributed by atoms with E-state index in [0.29, 0.717) is 11.3 Å². The van der Waals surface area contributed by atoms with Gasteiger partial charge in [-0.05, 0) is 13.8 Å². The molecular weight excluding hydrogens is 316 g/mol. The second-order valence-corrected chi connectivity index (χ2v) is 8.27. The van der Waals surface area contributed by atoms with Gasteiger partial charge in [0.25, 0.3) is 15.7 Å². The first kappa shape index (κ1) is 16.3. The summed E-state index contributed by atoms with van der Waals surface area (Å²) in [6.07, 6.45) is 0. The fourth-order valence-corrected chi connectivity index (χ4v) is 4.49. The third kappa shape index (κ3) is 3.06. The monoisotopic (exact) mass is 328 g/mol. The van der Waals surface area contributed by atoms with E-state index in [1.165, 1.54) is 20.9 Å². The molecule has 1 aromatic heterocycles. The molecular formula is C9H13ClN2O5S2. The number of thiophene rings is 1.